The van der Waals surface area contributed by atoms with Gasteiger partial charge in [0, 0.05) is 18.7 Å². The van der Waals surface area contributed by atoms with Crippen molar-refractivity contribution in [2.75, 3.05) is 26.9 Å². The monoisotopic (exact) mass is 453 g/mol. The second kappa shape index (κ2) is 9.54. The third-order valence-electron chi connectivity index (χ3n) is 5.93. The van der Waals surface area contributed by atoms with Crippen molar-refractivity contribution < 1.29 is 34.0 Å². The minimum Gasteiger partial charge on any atom is -0.507 e. The first kappa shape index (κ1) is 22.7. The lowest BCUT2D eigenvalue weighted by Crippen LogP contribution is -2.36. The number of likely N-dealkylation sites (tertiary alicyclic amines) is 1. The fourth-order valence-corrected chi connectivity index (χ4v) is 4.30. The van der Waals surface area contributed by atoms with Gasteiger partial charge in [-0.2, -0.15) is 0 Å². The maximum absolute atomic E-state index is 13.1. The Morgan fingerprint density at radius 2 is 1.94 bits per heavy atom. The van der Waals surface area contributed by atoms with E-state index >= 15 is 0 Å². The number of carbonyl (C=O) groups is 2. The number of Topliss-reactive ketones (excluding diaryl/α,β-unsaturated/α-hetero) is 1. The molecule has 2 atom stereocenters. The lowest BCUT2D eigenvalue weighted by Gasteiger charge is -2.28. The van der Waals surface area contributed by atoms with Crippen LogP contribution in [0.25, 0.3) is 5.76 Å². The summed E-state index contributed by atoms with van der Waals surface area (Å²) in [7, 11) is 1.53. The Morgan fingerprint density at radius 3 is 2.58 bits per heavy atom. The predicted molar refractivity (Wildman–Crippen MR) is 120 cm³/mol. The number of carbonyl (C=O) groups excluding carboxylic acids is 2. The standard InChI is InChI=1S/C25H27NO7/c1-3-32-20-13-16(8-11-19(20)27)22-21(23(28)15-6-9-17(31-2)10-7-15)24(29)25(30)26(22)14-18-5-4-12-33-18/h6-11,13,18,22,27-28H,3-5,12,14H2,1-2H3/t18-,22+/m0/s1. The number of phenolic OH excluding ortho intramolecular Hbond substituents is 1. The Kier molecular flexibility index (Phi) is 6.55. The molecule has 2 aromatic rings. The van der Waals surface area contributed by atoms with Crippen molar-refractivity contribution in [2.24, 2.45) is 0 Å². The van der Waals surface area contributed by atoms with Gasteiger partial charge in [-0.05, 0) is 61.7 Å². The zero-order valence-corrected chi connectivity index (χ0v) is 18.6. The summed E-state index contributed by atoms with van der Waals surface area (Å²) in [5, 5.41) is 21.3. The number of aromatic hydroxyl groups is 1. The van der Waals surface area contributed by atoms with Crippen LogP contribution in [-0.4, -0.2) is 59.8 Å². The summed E-state index contributed by atoms with van der Waals surface area (Å²) in [6, 6.07) is 10.4. The number of hydrogen-bond acceptors (Lipinski definition) is 7. The molecule has 0 aliphatic carbocycles. The van der Waals surface area contributed by atoms with Crippen molar-refractivity contribution in [1.82, 2.24) is 4.90 Å². The molecule has 0 aromatic heterocycles. The quantitative estimate of drug-likeness (QED) is 0.376. The van der Waals surface area contributed by atoms with Gasteiger partial charge in [-0.3, -0.25) is 9.59 Å². The molecule has 8 nitrogen and oxygen atoms in total. The van der Waals surface area contributed by atoms with Gasteiger partial charge in [0.2, 0.25) is 0 Å². The molecule has 4 rings (SSSR count). The first-order chi connectivity index (χ1) is 15.9. The van der Waals surface area contributed by atoms with Crippen molar-refractivity contribution in [3.05, 3.63) is 59.2 Å². The molecule has 2 aromatic carbocycles. The summed E-state index contributed by atoms with van der Waals surface area (Å²) in [5.74, 6) is -0.952. The number of amides is 1. The molecule has 2 aliphatic heterocycles. The molecule has 0 radical (unpaired) electrons. The van der Waals surface area contributed by atoms with Crippen LogP contribution in [0, 0.1) is 0 Å². The van der Waals surface area contributed by atoms with Crippen molar-refractivity contribution >= 4 is 17.4 Å². The molecule has 0 bridgehead atoms. The summed E-state index contributed by atoms with van der Waals surface area (Å²) in [4.78, 5) is 27.6. The zero-order valence-electron chi connectivity index (χ0n) is 18.6. The van der Waals surface area contributed by atoms with E-state index in [1.807, 2.05) is 0 Å². The highest BCUT2D eigenvalue weighted by atomic mass is 16.5. The molecule has 2 heterocycles. The summed E-state index contributed by atoms with van der Waals surface area (Å²) in [6.45, 7) is 2.95. The van der Waals surface area contributed by atoms with Crippen molar-refractivity contribution in [1.29, 1.82) is 0 Å². The average Bonchev–Trinajstić information content (AvgIpc) is 3.43. The van der Waals surface area contributed by atoms with E-state index in [9.17, 15) is 19.8 Å². The van der Waals surface area contributed by atoms with Crippen LogP contribution in [0.3, 0.4) is 0 Å². The van der Waals surface area contributed by atoms with Gasteiger partial charge < -0.3 is 29.3 Å². The Balaban J connectivity index is 1.83. The zero-order chi connectivity index (χ0) is 23.5. The maximum atomic E-state index is 13.1. The van der Waals surface area contributed by atoms with E-state index in [4.69, 9.17) is 14.2 Å². The van der Waals surface area contributed by atoms with Gasteiger partial charge in [0.05, 0.1) is 31.4 Å². The lowest BCUT2D eigenvalue weighted by molar-refractivity contribution is -0.140. The third kappa shape index (κ3) is 4.39. The van der Waals surface area contributed by atoms with E-state index in [1.165, 1.54) is 18.1 Å². The average molecular weight is 453 g/mol. The molecule has 2 N–H and O–H groups in total. The predicted octanol–water partition coefficient (Wildman–Crippen LogP) is 3.40. The van der Waals surface area contributed by atoms with Crippen LogP contribution >= 0.6 is 0 Å². The minimum absolute atomic E-state index is 0.0173. The molecule has 8 heteroatoms. The number of hydrogen-bond donors (Lipinski definition) is 2. The SMILES string of the molecule is CCOc1cc([C@@H]2C(=C(O)c3ccc(OC)cc3)C(=O)C(=O)N2C[C@@H]2CCCO2)ccc1O. The van der Waals surface area contributed by atoms with Gasteiger partial charge in [0.25, 0.3) is 11.7 Å². The molecule has 0 saturated carbocycles. The van der Waals surface area contributed by atoms with Crippen molar-refractivity contribution in [3.63, 3.8) is 0 Å². The number of nitrogens with zero attached hydrogens (tertiary/aromatic N) is 1. The molecule has 33 heavy (non-hydrogen) atoms. The van der Waals surface area contributed by atoms with Gasteiger partial charge >= 0.3 is 0 Å². The molecular formula is C25H27NO7. The largest absolute Gasteiger partial charge is 0.507 e. The Morgan fingerprint density at radius 1 is 1.18 bits per heavy atom. The highest BCUT2D eigenvalue weighted by Gasteiger charge is 2.47. The van der Waals surface area contributed by atoms with Gasteiger partial charge in [0.15, 0.2) is 11.5 Å². The van der Waals surface area contributed by atoms with Gasteiger partial charge in [-0.1, -0.05) is 6.07 Å². The number of aliphatic hydroxyl groups is 1. The minimum atomic E-state index is -0.851. The van der Waals surface area contributed by atoms with Gasteiger partial charge in [-0.25, -0.2) is 0 Å². The Labute approximate surface area is 192 Å². The second-order valence-corrected chi connectivity index (χ2v) is 7.98. The van der Waals surface area contributed by atoms with E-state index in [0.717, 1.165) is 12.8 Å². The number of rotatable bonds is 7. The van der Waals surface area contributed by atoms with Crippen LogP contribution in [-0.2, 0) is 14.3 Å². The van der Waals surface area contributed by atoms with Crippen molar-refractivity contribution in [2.45, 2.75) is 31.9 Å². The van der Waals surface area contributed by atoms with E-state index in [-0.39, 0.29) is 35.5 Å². The van der Waals surface area contributed by atoms with Gasteiger partial charge in [0.1, 0.15) is 11.5 Å². The van der Waals surface area contributed by atoms with Crippen LogP contribution < -0.4 is 9.47 Å². The molecule has 0 spiro atoms. The first-order valence-electron chi connectivity index (χ1n) is 10.9. The fourth-order valence-electron chi connectivity index (χ4n) is 4.30. The molecular weight excluding hydrogens is 426 g/mol. The first-order valence-corrected chi connectivity index (χ1v) is 10.9. The number of methoxy groups -OCH3 is 1. The van der Waals surface area contributed by atoms with E-state index < -0.39 is 17.7 Å². The van der Waals surface area contributed by atoms with Crippen LogP contribution in [0.2, 0.25) is 0 Å². The van der Waals surface area contributed by atoms with Crippen LogP contribution in [0.15, 0.2) is 48.0 Å². The number of ether oxygens (including phenoxy) is 3. The third-order valence-corrected chi connectivity index (χ3v) is 5.93. The van der Waals surface area contributed by atoms with Crippen LogP contribution in [0.5, 0.6) is 17.2 Å². The normalized spacial score (nSPS) is 22.1. The summed E-state index contributed by atoms with van der Waals surface area (Å²) >= 11 is 0. The Hall–Kier alpha value is -3.52. The lowest BCUT2D eigenvalue weighted by atomic mass is 9.94. The number of ketones is 1. The van der Waals surface area contributed by atoms with Crippen molar-refractivity contribution in [3.8, 4) is 17.2 Å². The van der Waals surface area contributed by atoms with Crippen LogP contribution in [0.4, 0.5) is 0 Å². The second-order valence-electron chi connectivity index (χ2n) is 7.98. The molecule has 2 saturated heterocycles. The fraction of sp³-hybridized carbons (Fsp3) is 0.360. The Bertz CT molecular complexity index is 1070. The molecule has 2 fully saturated rings. The smallest absolute Gasteiger partial charge is 0.295 e. The highest BCUT2D eigenvalue weighted by Crippen LogP contribution is 2.42. The maximum Gasteiger partial charge on any atom is 0.295 e. The molecule has 2 aliphatic rings. The number of aliphatic hydroxyl groups excluding tert-OH is 1. The summed E-state index contributed by atoms with van der Waals surface area (Å²) < 4.78 is 16.4. The van der Waals surface area contributed by atoms with Gasteiger partial charge in [-0.15, -0.1) is 0 Å². The van der Waals surface area contributed by atoms with E-state index in [0.29, 0.717) is 30.1 Å². The van der Waals surface area contributed by atoms with E-state index in [2.05, 4.69) is 0 Å². The van der Waals surface area contributed by atoms with E-state index in [1.54, 1.807) is 43.3 Å². The molecule has 174 valence electrons. The summed E-state index contributed by atoms with van der Waals surface area (Å²) in [5.41, 5.74) is 0.916. The number of benzene rings is 2. The number of phenols is 1. The topological polar surface area (TPSA) is 106 Å². The molecule has 0 unspecified atom stereocenters. The summed E-state index contributed by atoms with van der Waals surface area (Å²) in [6.07, 6.45) is 1.49. The molecule has 1 amide bonds. The van der Waals surface area contributed by atoms with Crippen LogP contribution in [0.1, 0.15) is 36.9 Å². The highest BCUT2D eigenvalue weighted by molar-refractivity contribution is 6.46.